The fourth-order valence-electron chi connectivity index (χ4n) is 0. The SMILES string of the molecule is CC(=O)O.N.[NH3+][O-]. The largest absolute Gasteiger partial charge is 0.637 e. The van der Waals surface area contributed by atoms with Crippen molar-refractivity contribution >= 4 is 5.97 Å². The van der Waals surface area contributed by atoms with Gasteiger partial charge in [0.1, 0.15) is 0 Å². The lowest BCUT2D eigenvalue weighted by molar-refractivity contribution is -0.275. The van der Waals surface area contributed by atoms with Crippen LogP contribution in [0, 0.1) is 5.21 Å². The summed E-state index contributed by atoms with van der Waals surface area (Å²) in [5, 5.41) is 15.4. The van der Waals surface area contributed by atoms with Crippen LogP contribution in [0.15, 0.2) is 0 Å². The third-order valence-electron chi connectivity index (χ3n) is 0. The Balaban J connectivity index is -0.0000000480. The molecule has 0 saturated carbocycles. The summed E-state index contributed by atoms with van der Waals surface area (Å²) in [6.07, 6.45) is 0. The first-order chi connectivity index (χ1) is 2.73. The van der Waals surface area contributed by atoms with Crippen molar-refractivity contribution < 1.29 is 15.8 Å². The molecule has 0 aromatic carbocycles. The zero-order valence-corrected chi connectivity index (χ0v) is 4.18. The van der Waals surface area contributed by atoms with E-state index in [2.05, 4.69) is 0 Å². The second-order valence-electron chi connectivity index (χ2n) is 0.519. The summed E-state index contributed by atoms with van der Waals surface area (Å²) < 4.78 is 0. The van der Waals surface area contributed by atoms with E-state index in [4.69, 9.17) is 15.1 Å². The number of hydrogen-bond acceptors (Lipinski definition) is 3. The first kappa shape index (κ1) is 16.2. The zero-order chi connectivity index (χ0) is 5.58. The Morgan fingerprint density at radius 1 is 1.71 bits per heavy atom. The zero-order valence-electron chi connectivity index (χ0n) is 4.18. The maximum absolute atomic E-state index is 9.00. The summed E-state index contributed by atoms with van der Waals surface area (Å²) >= 11 is 0. The maximum Gasteiger partial charge on any atom is 0.300 e. The van der Waals surface area contributed by atoms with E-state index in [1.165, 1.54) is 0 Å². The van der Waals surface area contributed by atoms with Crippen molar-refractivity contribution in [1.82, 2.24) is 6.15 Å². The minimum Gasteiger partial charge on any atom is -0.637 e. The van der Waals surface area contributed by atoms with E-state index in [9.17, 15) is 0 Å². The van der Waals surface area contributed by atoms with Crippen LogP contribution in [0.3, 0.4) is 0 Å². The van der Waals surface area contributed by atoms with E-state index in [0.717, 1.165) is 6.92 Å². The van der Waals surface area contributed by atoms with Gasteiger partial charge in [0.05, 0.1) is 0 Å². The topological polar surface area (TPSA) is 123 Å². The third-order valence-corrected chi connectivity index (χ3v) is 0. The van der Waals surface area contributed by atoms with Gasteiger partial charge >= 0.3 is 0 Å². The molecule has 0 spiro atoms. The molecular formula is C2H10N2O3. The first-order valence-electron chi connectivity index (χ1n) is 1.22. The first-order valence-corrected chi connectivity index (χ1v) is 1.22. The molecule has 0 heterocycles. The molecule has 0 aromatic heterocycles. The van der Waals surface area contributed by atoms with Crippen molar-refractivity contribution in [3.8, 4) is 0 Å². The molecule has 0 fully saturated rings. The molecule has 0 bridgehead atoms. The van der Waals surface area contributed by atoms with Gasteiger partial charge < -0.3 is 22.4 Å². The van der Waals surface area contributed by atoms with Gasteiger partial charge in [0, 0.05) is 6.92 Å². The number of carbonyl (C=O) groups is 1. The van der Waals surface area contributed by atoms with Gasteiger partial charge in [-0.15, -0.1) is 0 Å². The van der Waals surface area contributed by atoms with Crippen LogP contribution in [0.1, 0.15) is 6.92 Å². The molecule has 7 N–H and O–H groups in total. The van der Waals surface area contributed by atoms with E-state index < -0.39 is 5.97 Å². The molecule has 5 nitrogen and oxygen atoms in total. The molecule has 0 rings (SSSR count). The van der Waals surface area contributed by atoms with Crippen LogP contribution >= 0.6 is 0 Å². The summed E-state index contributed by atoms with van der Waals surface area (Å²) in [5.74, 6) is 1.17. The second kappa shape index (κ2) is 18.3. The Morgan fingerprint density at radius 2 is 1.71 bits per heavy atom. The van der Waals surface area contributed by atoms with Crippen LogP contribution in [0.4, 0.5) is 0 Å². The molecule has 0 aliphatic heterocycles. The van der Waals surface area contributed by atoms with Crippen molar-refractivity contribution in [1.29, 1.82) is 0 Å². The Bertz CT molecular complexity index is 33.9. The van der Waals surface area contributed by atoms with Crippen molar-refractivity contribution in [2.24, 2.45) is 0 Å². The van der Waals surface area contributed by atoms with Gasteiger partial charge in [-0.05, 0) is 0 Å². The van der Waals surface area contributed by atoms with Crippen molar-refractivity contribution in [2.75, 3.05) is 0 Å². The van der Waals surface area contributed by atoms with Gasteiger partial charge in [-0.25, -0.2) is 0 Å². The molecule has 0 unspecified atom stereocenters. The lowest BCUT2D eigenvalue weighted by Gasteiger charge is -1.59. The van der Waals surface area contributed by atoms with Crippen LogP contribution in [0.2, 0.25) is 0 Å². The average Bonchev–Trinajstić information content (AvgIpc) is 1.41. The predicted octanol–water partition coefficient (Wildman–Crippen LogP) is -1.02. The standard InChI is InChI=1S/C2H4O2.H3NO.H3N/c1-2(3)4;1-2;/h1H3,(H,3,4);1H3;1H3. The molecule has 0 aliphatic carbocycles. The van der Waals surface area contributed by atoms with Gasteiger partial charge in [0.25, 0.3) is 5.97 Å². The molecule has 0 amide bonds. The van der Waals surface area contributed by atoms with Gasteiger partial charge in [-0.3, -0.25) is 4.79 Å². The number of carboxylic acid groups (broad SMARTS) is 1. The lowest BCUT2D eigenvalue weighted by atomic mass is 10.9. The fraction of sp³-hybridized carbons (Fsp3) is 0.500. The molecule has 7 heavy (non-hydrogen) atoms. The molecule has 0 atom stereocenters. The highest BCUT2D eigenvalue weighted by Crippen LogP contribution is 1.42. The van der Waals surface area contributed by atoms with Gasteiger partial charge in [0.2, 0.25) is 0 Å². The molecule has 46 valence electrons. The molecule has 5 heteroatoms. The summed E-state index contributed by atoms with van der Waals surface area (Å²) in [6, 6.07) is 0. The third kappa shape index (κ3) is 142. The molecule has 0 saturated heterocycles. The van der Waals surface area contributed by atoms with Crippen LogP contribution < -0.4 is 12.0 Å². The van der Waals surface area contributed by atoms with Gasteiger partial charge in [-0.1, -0.05) is 0 Å². The highest BCUT2D eigenvalue weighted by Gasteiger charge is 1.65. The molecule has 0 radical (unpaired) electrons. The van der Waals surface area contributed by atoms with E-state index in [1.807, 2.05) is 5.90 Å². The minimum absolute atomic E-state index is 0. The van der Waals surface area contributed by atoms with Crippen LogP contribution in [-0.2, 0) is 4.79 Å². The molecule has 0 aliphatic rings. The van der Waals surface area contributed by atoms with E-state index in [0.29, 0.717) is 0 Å². The number of carboxylic acids is 1. The normalized spacial score (nSPS) is 4.43. The second-order valence-corrected chi connectivity index (χ2v) is 0.519. The predicted molar refractivity (Wildman–Crippen MR) is 24.6 cm³/mol. The molecular weight excluding hydrogens is 100 g/mol. The smallest absolute Gasteiger partial charge is 0.300 e. The number of rotatable bonds is 0. The Morgan fingerprint density at radius 3 is 1.71 bits per heavy atom. The molecule has 0 aromatic rings. The van der Waals surface area contributed by atoms with E-state index >= 15 is 0 Å². The van der Waals surface area contributed by atoms with E-state index in [1.54, 1.807) is 0 Å². The maximum atomic E-state index is 9.00. The quantitative estimate of drug-likeness (QED) is 0.345. The Labute approximate surface area is 41.3 Å². The van der Waals surface area contributed by atoms with Crippen LogP contribution in [0.25, 0.3) is 0 Å². The van der Waals surface area contributed by atoms with E-state index in [-0.39, 0.29) is 6.15 Å². The number of hydrogen-bond donors (Lipinski definition) is 3. The van der Waals surface area contributed by atoms with Crippen molar-refractivity contribution in [2.45, 2.75) is 6.92 Å². The summed E-state index contributed by atoms with van der Waals surface area (Å²) in [4.78, 5) is 9.00. The summed E-state index contributed by atoms with van der Waals surface area (Å²) in [5.41, 5.74) is 0. The Hall–Kier alpha value is -0.650. The van der Waals surface area contributed by atoms with Crippen molar-refractivity contribution in [3.05, 3.63) is 5.21 Å². The highest BCUT2D eigenvalue weighted by molar-refractivity contribution is 5.62. The van der Waals surface area contributed by atoms with Crippen LogP contribution in [-0.4, -0.2) is 11.1 Å². The minimum atomic E-state index is -0.833. The average molecular weight is 110 g/mol. The number of aliphatic carboxylic acids is 1. The summed E-state index contributed by atoms with van der Waals surface area (Å²) in [7, 11) is 0. The van der Waals surface area contributed by atoms with Crippen LogP contribution in [0.5, 0.6) is 0 Å². The lowest BCUT2D eigenvalue weighted by Crippen LogP contribution is -2.37. The summed E-state index contributed by atoms with van der Waals surface area (Å²) in [6.45, 7) is 1.08. The fourth-order valence-corrected chi connectivity index (χ4v) is 0. The highest BCUT2D eigenvalue weighted by atomic mass is 16.4. The van der Waals surface area contributed by atoms with Gasteiger partial charge in [-0.2, -0.15) is 0 Å². The van der Waals surface area contributed by atoms with Crippen molar-refractivity contribution in [3.63, 3.8) is 0 Å². The number of quaternary nitrogens is 1. The monoisotopic (exact) mass is 110 g/mol. The Kier molecular flexibility index (Phi) is 42.4. The van der Waals surface area contributed by atoms with Gasteiger partial charge in [0.15, 0.2) is 0 Å².